The predicted molar refractivity (Wildman–Crippen MR) is 117 cm³/mol. The number of halogens is 4. The Bertz CT molecular complexity index is 1180. The second-order valence-electron chi connectivity index (χ2n) is 7.42. The molecule has 0 saturated carbocycles. The lowest BCUT2D eigenvalue weighted by molar-refractivity contribution is -0.173. The van der Waals surface area contributed by atoms with Crippen LogP contribution in [0.15, 0.2) is 48.7 Å². The number of carbonyl (C=O) groups is 1. The van der Waals surface area contributed by atoms with Gasteiger partial charge in [-0.1, -0.05) is 23.7 Å². The molecule has 33 heavy (non-hydrogen) atoms. The molecule has 4 rings (SSSR count). The lowest BCUT2D eigenvalue weighted by Gasteiger charge is -2.34. The van der Waals surface area contributed by atoms with Gasteiger partial charge in [0, 0.05) is 17.1 Å². The molecule has 0 saturated heterocycles. The van der Waals surface area contributed by atoms with Crippen LogP contribution >= 0.6 is 11.6 Å². The number of fused-ring (bicyclic) bond motifs is 1. The van der Waals surface area contributed by atoms with Crippen LogP contribution in [0.3, 0.4) is 0 Å². The molecule has 0 radical (unpaired) electrons. The standard InChI is InChI=1S/C22H20ClF3N4O3/c1-32-17-7-6-12(8-18(17)33-2)16-10-19(22(24,25)26)30-20(29-16)15(11-27-30)21(31)28-14-5-3-4-13(23)9-14/h3-9,11,16,19,29H,10H2,1-2H3,(H,28,31)/t16-,19+/m0/s1. The maximum atomic E-state index is 13.9. The van der Waals surface area contributed by atoms with Crippen molar-refractivity contribution in [2.24, 2.45) is 0 Å². The van der Waals surface area contributed by atoms with Crippen LogP contribution in [0.4, 0.5) is 24.7 Å². The molecule has 2 heterocycles. The third-order valence-corrected chi connectivity index (χ3v) is 5.61. The minimum atomic E-state index is -4.57. The van der Waals surface area contributed by atoms with Crippen LogP contribution in [0, 0.1) is 0 Å². The van der Waals surface area contributed by atoms with Crippen LogP contribution < -0.4 is 20.1 Å². The summed E-state index contributed by atoms with van der Waals surface area (Å²) in [5, 5.41) is 9.98. The van der Waals surface area contributed by atoms with Gasteiger partial charge in [-0.15, -0.1) is 0 Å². The fourth-order valence-corrected chi connectivity index (χ4v) is 3.97. The molecule has 0 bridgehead atoms. The van der Waals surface area contributed by atoms with Gasteiger partial charge in [-0.3, -0.25) is 4.79 Å². The first-order valence-electron chi connectivity index (χ1n) is 9.91. The molecule has 0 spiro atoms. The number of alkyl halides is 3. The Morgan fingerprint density at radius 3 is 2.61 bits per heavy atom. The minimum Gasteiger partial charge on any atom is -0.493 e. The molecule has 11 heteroatoms. The number of benzene rings is 2. The number of hydrogen-bond acceptors (Lipinski definition) is 5. The van der Waals surface area contributed by atoms with Crippen LogP contribution in [-0.2, 0) is 0 Å². The molecule has 0 unspecified atom stereocenters. The monoisotopic (exact) mass is 480 g/mol. The Morgan fingerprint density at radius 1 is 1.18 bits per heavy atom. The van der Waals surface area contributed by atoms with Gasteiger partial charge in [-0.25, -0.2) is 4.68 Å². The van der Waals surface area contributed by atoms with Gasteiger partial charge in [-0.05, 0) is 35.9 Å². The zero-order valence-electron chi connectivity index (χ0n) is 17.6. The van der Waals surface area contributed by atoms with Crippen molar-refractivity contribution < 1.29 is 27.4 Å². The maximum Gasteiger partial charge on any atom is 0.410 e. The molecule has 1 aromatic heterocycles. The maximum absolute atomic E-state index is 13.9. The van der Waals surface area contributed by atoms with E-state index in [1.54, 1.807) is 36.4 Å². The van der Waals surface area contributed by atoms with Gasteiger partial charge in [0.25, 0.3) is 5.91 Å². The van der Waals surface area contributed by atoms with Crippen molar-refractivity contribution in [3.05, 3.63) is 64.8 Å². The van der Waals surface area contributed by atoms with Crippen LogP contribution in [0.25, 0.3) is 0 Å². The fourth-order valence-electron chi connectivity index (χ4n) is 3.78. The molecule has 0 aliphatic carbocycles. The topological polar surface area (TPSA) is 77.4 Å². The molecule has 1 aliphatic rings. The van der Waals surface area contributed by atoms with E-state index in [1.807, 2.05) is 0 Å². The van der Waals surface area contributed by atoms with Gasteiger partial charge in [0.05, 0.1) is 26.5 Å². The van der Waals surface area contributed by atoms with Gasteiger partial charge in [0.2, 0.25) is 0 Å². The first-order chi connectivity index (χ1) is 15.7. The van der Waals surface area contributed by atoms with Gasteiger partial charge in [0.1, 0.15) is 11.4 Å². The molecule has 0 fully saturated rings. The van der Waals surface area contributed by atoms with Gasteiger partial charge < -0.3 is 20.1 Å². The average Bonchev–Trinajstić information content (AvgIpc) is 3.21. The normalized spacial score (nSPS) is 17.6. The van der Waals surface area contributed by atoms with Crippen molar-refractivity contribution in [2.75, 3.05) is 24.9 Å². The first-order valence-corrected chi connectivity index (χ1v) is 10.3. The van der Waals surface area contributed by atoms with E-state index < -0.39 is 24.2 Å². The summed E-state index contributed by atoms with van der Waals surface area (Å²) in [6, 6.07) is 8.67. The van der Waals surface area contributed by atoms with Crippen molar-refractivity contribution in [1.29, 1.82) is 0 Å². The summed E-state index contributed by atoms with van der Waals surface area (Å²) in [5.41, 5.74) is 0.942. The number of methoxy groups -OCH3 is 2. The van der Waals surface area contributed by atoms with E-state index in [1.165, 1.54) is 20.3 Å². The van der Waals surface area contributed by atoms with Crippen LogP contribution in [0.1, 0.15) is 34.4 Å². The average molecular weight is 481 g/mol. The van der Waals surface area contributed by atoms with E-state index in [0.717, 1.165) is 10.9 Å². The number of rotatable bonds is 5. The molecule has 7 nitrogen and oxygen atoms in total. The number of nitrogens with zero attached hydrogens (tertiary/aromatic N) is 2. The summed E-state index contributed by atoms with van der Waals surface area (Å²) in [5.74, 6) is 0.206. The smallest absolute Gasteiger partial charge is 0.410 e. The van der Waals surface area contributed by atoms with Gasteiger partial charge in [-0.2, -0.15) is 18.3 Å². The Morgan fingerprint density at radius 2 is 1.94 bits per heavy atom. The van der Waals surface area contributed by atoms with Crippen molar-refractivity contribution in [3.63, 3.8) is 0 Å². The third-order valence-electron chi connectivity index (χ3n) is 5.38. The quantitative estimate of drug-likeness (QED) is 0.506. The van der Waals surface area contributed by atoms with E-state index >= 15 is 0 Å². The highest BCUT2D eigenvalue weighted by Crippen LogP contribution is 2.45. The molecule has 2 atom stereocenters. The number of aromatic nitrogens is 2. The Kier molecular flexibility index (Phi) is 6.11. The zero-order chi connectivity index (χ0) is 23.8. The van der Waals surface area contributed by atoms with E-state index in [4.69, 9.17) is 21.1 Å². The van der Waals surface area contributed by atoms with Gasteiger partial charge in [0.15, 0.2) is 17.5 Å². The van der Waals surface area contributed by atoms with E-state index in [9.17, 15) is 18.0 Å². The molecule has 1 amide bonds. The highest BCUT2D eigenvalue weighted by molar-refractivity contribution is 6.31. The van der Waals surface area contributed by atoms with Crippen LogP contribution in [0.2, 0.25) is 5.02 Å². The molecule has 2 aromatic carbocycles. The van der Waals surface area contributed by atoms with E-state index in [2.05, 4.69) is 15.7 Å². The van der Waals surface area contributed by atoms with Crippen molar-refractivity contribution >= 4 is 29.0 Å². The summed E-state index contributed by atoms with van der Waals surface area (Å²) >= 11 is 5.95. The summed E-state index contributed by atoms with van der Waals surface area (Å²) in [6.07, 6.45) is -3.76. The zero-order valence-corrected chi connectivity index (χ0v) is 18.4. The number of amides is 1. The van der Waals surface area contributed by atoms with Crippen molar-refractivity contribution in [2.45, 2.75) is 24.7 Å². The molecular weight excluding hydrogens is 461 g/mol. The Balaban J connectivity index is 1.70. The summed E-state index contributed by atoms with van der Waals surface area (Å²) in [6.45, 7) is 0. The molecule has 1 aliphatic heterocycles. The summed E-state index contributed by atoms with van der Waals surface area (Å²) in [7, 11) is 2.92. The second-order valence-corrected chi connectivity index (χ2v) is 7.86. The molecular formula is C22H20ClF3N4O3. The molecule has 2 N–H and O–H groups in total. The minimum absolute atomic E-state index is 0.0191. The van der Waals surface area contributed by atoms with Crippen LogP contribution in [0.5, 0.6) is 11.5 Å². The number of nitrogens with one attached hydrogen (secondary N) is 2. The van der Waals surface area contributed by atoms with E-state index in [-0.39, 0.29) is 17.8 Å². The SMILES string of the molecule is COc1ccc([C@@H]2C[C@H](C(F)(F)F)n3ncc(C(=O)Nc4cccc(Cl)c4)c3N2)cc1OC. The highest BCUT2D eigenvalue weighted by Gasteiger charge is 2.47. The van der Waals surface area contributed by atoms with Crippen molar-refractivity contribution in [3.8, 4) is 11.5 Å². The molecule has 3 aromatic rings. The number of ether oxygens (including phenoxy) is 2. The lowest BCUT2D eigenvalue weighted by Crippen LogP contribution is -2.36. The van der Waals surface area contributed by atoms with Crippen LogP contribution in [-0.4, -0.2) is 36.1 Å². The number of anilines is 2. The number of carbonyl (C=O) groups excluding carboxylic acids is 1. The second kappa shape index (κ2) is 8.86. The largest absolute Gasteiger partial charge is 0.493 e. The fraction of sp³-hybridized carbons (Fsp3) is 0.273. The Hall–Kier alpha value is -3.40. The van der Waals surface area contributed by atoms with Crippen molar-refractivity contribution in [1.82, 2.24) is 9.78 Å². The Labute approximate surface area is 192 Å². The first kappa shape index (κ1) is 22.8. The molecule has 174 valence electrons. The summed E-state index contributed by atoms with van der Waals surface area (Å²) < 4.78 is 53.1. The predicted octanol–water partition coefficient (Wildman–Crippen LogP) is 5.47. The van der Waals surface area contributed by atoms with E-state index in [0.29, 0.717) is 27.8 Å². The lowest BCUT2D eigenvalue weighted by atomic mass is 9.96. The van der Waals surface area contributed by atoms with Gasteiger partial charge >= 0.3 is 6.18 Å². The number of hydrogen-bond donors (Lipinski definition) is 2. The third kappa shape index (κ3) is 4.56. The highest BCUT2D eigenvalue weighted by atomic mass is 35.5. The summed E-state index contributed by atoms with van der Waals surface area (Å²) in [4.78, 5) is 12.9.